The number of piperidine rings is 1. The molecule has 0 aromatic carbocycles. The minimum atomic E-state index is -3.75. The first-order valence-corrected chi connectivity index (χ1v) is 7.73. The van der Waals surface area contributed by atoms with Gasteiger partial charge in [0.25, 0.3) is 15.7 Å². The van der Waals surface area contributed by atoms with E-state index in [9.17, 15) is 18.5 Å². The number of aromatic nitrogens is 1. The third-order valence-electron chi connectivity index (χ3n) is 3.35. The van der Waals surface area contributed by atoms with Crippen LogP contribution in [0.25, 0.3) is 0 Å². The molecule has 0 spiro atoms. The molecule has 0 amide bonds. The molecule has 8 nitrogen and oxygen atoms in total. The Morgan fingerprint density at radius 1 is 1.45 bits per heavy atom. The van der Waals surface area contributed by atoms with Gasteiger partial charge in [0, 0.05) is 25.2 Å². The smallest absolute Gasteiger partial charge is 0.287 e. The van der Waals surface area contributed by atoms with Crippen LogP contribution < -0.4 is 5.73 Å². The summed E-state index contributed by atoms with van der Waals surface area (Å²) in [6.07, 6.45) is 3.40. The van der Waals surface area contributed by atoms with Crippen molar-refractivity contribution in [3.05, 3.63) is 28.4 Å². The SMILES string of the molecule is NCC1CCCCN1S(=O)(=O)c1ccc([N+](=O)[O-])cn1. The fraction of sp³-hybridized carbons (Fsp3) is 0.545. The second-order valence-electron chi connectivity index (χ2n) is 4.61. The van der Waals surface area contributed by atoms with E-state index < -0.39 is 14.9 Å². The van der Waals surface area contributed by atoms with Crippen LogP contribution in [0.4, 0.5) is 5.69 Å². The van der Waals surface area contributed by atoms with Gasteiger partial charge in [-0.25, -0.2) is 13.4 Å². The van der Waals surface area contributed by atoms with Crippen LogP contribution in [0.3, 0.4) is 0 Å². The second-order valence-corrected chi connectivity index (χ2v) is 6.45. The lowest BCUT2D eigenvalue weighted by Gasteiger charge is -2.33. The Morgan fingerprint density at radius 2 is 2.20 bits per heavy atom. The molecule has 1 unspecified atom stereocenters. The van der Waals surface area contributed by atoms with Gasteiger partial charge in [0.1, 0.15) is 6.20 Å². The van der Waals surface area contributed by atoms with E-state index in [0.717, 1.165) is 37.6 Å². The van der Waals surface area contributed by atoms with E-state index in [1.165, 1.54) is 4.31 Å². The van der Waals surface area contributed by atoms with Crippen molar-refractivity contribution in [3.63, 3.8) is 0 Å². The first-order chi connectivity index (χ1) is 9.46. The Labute approximate surface area is 116 Å². The standard InChI is InChI=1S/C11H16N4O4S/c12-7-9-3-1-2-6-14(9)20(18,19)11-5-4-10(8-13-11)15(16)17/h4-5,8-9H,1-3,6-7,12H2. The third kappa shape index (κ3) is 2.79. The number of sulfonamides is 1. The molecule has 0 radical (unpaired) electrons. The van der Waals surface area contributed by atoms with Crippen molar-refractivity contribution >= 4 is 15.7 Å². The van der Waals surface area contributed by atoms with Gasteiger partial charge in [-0.2, -0.15) is 4.31 Å². The van der Waals surface area contributed by atoms with Gasteiger partial charge in [0.15, 0.2) is 5.03 Å². The molecule has 2 heterocycles. The lowest BCUT2D eigenvalue weighted by atomic mass is 10.1. The molecule has 2 rings (SSSR count). The largest absolute Gasteiger partial charge is 0.329 e. The molecule has 1 saturated heterocycles. The molecule has 20 heavy (non-hydrogen) atoms. The van der Waals surface area contributed by atoms with Gasteiger partial charge in [0.2, 0.25) is 0 Å². The molecule has 0 saturated carbocycles. The van der Waals surface area contributed by atoms with Gasteiger partial charge in [-0.05, 0) is 18.9 Å². The fourth-order valence-electron chi connectivity index (χ4n) is 2.28. The Bertz CT molecular complexity index is 587. The number of nitrogens with two attached hydrogens (primary N) is 1. The van der Waals surface area contributed by atoms with Crippen LogP contribution in [0.15, 0.2) is 23.4 Å². The highest BCUT2D eigenvalue weighted by molar-refractivity contribution is 7.89. The van der Waals surface area contributed by atoms with E-state index in [-0.39, 0.29) is 23.3 Å². The van der Waals surface area contributed by atoms with E-state index in [0.29, 0.717) is 6.54 Å². The molecule has 110 valence electrons. The first kappa shape index (κ1) is 14.8. The first-order valence-electron chi connectivity index (χ1n) is 6.29. The van der Waals surface area contributed by atoms with Crippen molar-refractivity contribution in [2.24, 2.45) is 5.73 Å². The zero-order valence-corrected chi connectivity index (χ0v) is 11.6. The van der Waals surface area contributed by atoms with Crippen LogP contribution in [-0.4, -0.2) is 41.8 Å². The molecular formula is C11H16N4O4S. The minimum Gasteiger partial charge on any atom is -0.329 e. The number of rotatable bonds is 4. The Balaban J connectivity index is 2.31. The zero-order chi connectivity index (χ0) is 14.8. The van der Waals surface area contributed by atoms with E-state index >= 15 is 0 Å². The van der Waals surface area contributed by atoms with Crippen molar-refractivity contribution in [3.8, 4) is 0 Å². The van der Waals surface area contributed by atoms with Crippen LogP contribution >= 0.6 is 0 Å². The van der Waals surface area contributed by atoms with Gasteiger partial charge >= 0.3 is 0 Å². The summed E-state index contributed by atoms with van der Waals surface area (Å²) in [7, 11) is -3.75. The summed E-state index contributed by atoms with van der Waals surface area (Å²) in [4.78, 5) is 13.6. The topological polar surface area (TPSA) is 119 Å². The Kier molecular flexibility index (Phi) is 4.31. The van der Waals surface area contributed by atoms with Crippen molar-refractivity contribution in [2.45, 2.75) is 30.3 Å². The number of hydrogen-bond acceptors (Lipinski definition) is 6. The average Bonchev–Trinajstić information content (AvgIpc) is 2.47. The number of pyridine rings is 1. The minimum absolute atomic E-state index is 0.177. The molecular weight excluding hydrogens is 284 g/mol. The maximum atomic E-state index is 12.5. The maximum absolute atomic E-state index is 12.5. The van der Waals surface area contributed by atoms with E-state index in [4.69, 9.17) is 5.73 Å². The lowest BCUT2D eigenvalue weighted by Crippen LogP contribution is -2.47. The van der Waals surface area contributed by atoms with Crippen molar-refractivity contribution in [1.82, 2.24) is 9.29 Å². The summed E-state index contributed by atoms with van der Waals surface area (Å²) in [5.41, 5.74) is 5.38. The quantitative estimate of drug-likeness (QED) is 0.638. The summed E-state index contributed by atoms with van der Waals surface area (Å²) in [5.74, 6) is 0. The summed E-state index contributed by atoms with van der Waals surface area (Å²) < 4.78 is 26.3. The summed E-state index contributed by atoms with van der Waals surface area (Å²) in [5, 5.41) is 10.4. The number of nitro groups is 1. The maximum Gasteiger partial charge on any atom is 0.287 e. The molecule has 9 heteroatoms. The van der Waals surface area contributed by atoms with Crippen molar-refractivity contribution in [1.29, 1.82) is 0 Å². The van der Waals surface area contributed by atoms with E-state index in [2.05, 4.69) is 4.98 Å². The third-order valence-corrected chi connectivity index (χ3v) is 5.22. The van der Waals surface area contributed by atoms with Gasteiger partial charge in [0.05, 0.1) is 4.92 Å². The number of nitrogens with zero attached hydrogens (tertiary/aromatic N) is 3. The lowest BCUT2D eigenvalue weighted by molar-refractivity contribution is -0.385. The summed E-state index contributed by atoms with van der Waals surface area (Å²) in [6.45, 7) is 0.662. The monoisotopic (exact) mass is 300 g/mol. The normalized spacial score (nSPS) is 20.8. The highest BCUT2D eigenvalue weighted by Crippen LogP contribution is 2.24. The predicted molar refractivity (Wildman–Crippen MR) is 71.5 cm³/mol. The van der Waals surface area contributed by atoms with Crippen LogP contribution in [0.2, 0.25) is 0 Å². The summed E-state index contributed by atoms with van der Waals surface area (Å²) in [6, 6.07) is 2.07. The average molecular weight is 300 g/mol. The molecule has 1 aliphatic rings. The molecule has 1 fully saturated rings. The molecule has 0 bridgehead atoms. The van der Waals surface area contributed by atoms with Crippen LogP contribution in [0.1, 0.15) is 19.3 Å². The molecule has 1 aromatic heterocycles. The molecule has 2 N–H and O–H groups in total. The van der Waals surface area contributed by atoms with Crippen LogP contribution in [0.5, 0.6) is 0 Å². The molecule has 1 aliphatic heterocycles. The fourth-order valence-corrected chi connectivity index (χ4v) is 3.90. The highest BCUT2D eigenvalue weighted by Gasteiger charge is 2.33. The van der Waals surface area contributed by atoms with Gasteiger partial charge in [-0.15, -0.1) is 0 Å². The van der Waals surface area contributed by atoms with Crippen LogP contribution in [-0.2, 0) is 10.0 Å². The van der Waals surface area contributed by atoms with Gasteiger partial charge < -0.3 is 5.73 Å². The van der Waals surface area contributed by atoms with Gasteiger partial charge in [-0.1, -0.05) is 6.42 Å². The molecule has 1 atom stereocenters. The van der Waals surface area contributed by atoms with Crippen molar-refractivity contribution in [2.75, 3.05) is 13.1 Å². The number of hydrogen-bond donors (Lipinski definition) is 1. The Morgan fingerprint density at radius 3 is 2.75 bits per heavy atom. The van der Waals surface area contributed by atoms with Crippen molar-refractivity contribution < 1.29 is 13.3 Å². The zero-order valence-electron chi connectivity index (χ0n) is 10.8. The molecule has 1 aromatic rings. The van der Waals surface area contributed by atoms with Gasteiger partial charge in [-0.3, -0.25) is 10.1 Å². The highest BCUT2D eigenvalue weighted by atomic mass is 32.2. The van der Waals surface area contributed by atoms with E-state index in [1.54, 1.807) is 0 Å². The second kappa shape index (κ2) is 5.81. The van der Waals surface area contributed by atoms with E-state index in [1.807, 2.05) is 0 Å². The Hall–Kier alpha value is -1.58. The predicted octanol–water partition coefficient (Wildman–Crippen LogP) is 0.492. The van der Waals surface area contributed by atoms with Crippen LogP contribution in [0, 0.1) is 10.1 Å². The molecule has 0 aliphatic carbocycles. The summed E-state index contributed by atoms with van der Waals surface area (Å²) >= 11 is 0.